The summed E-state index contributed by atoms with van der Waals surface area (Å²) in [6, 6.07) is 16.6. The van der Waals surface area contributed by atoms with Crippen molar-refractivity contribution in [1.29, 1.82) is 0 Å². The second-order valence-electron chi connectivity index (χ2n) is 5.64. The Kier molecular flexibility index (Phi) is 4.61. The lowest BCUT2D eigenvalue weighted by Gasteiger charge is -2.12. The largest absolute Gasteiger partial charge is 0.481 e. The summed E-state index contributed by atoms with van der Waals surface area (Å²) in [6.45, 7) is 1.45. The number of aliphatic carboxylic acids is 1. The maximum Gasteiger partial charge on any atom is 0.309 e. The third-order valence-electron chi connectivity index (χ3n) is 3.56. The zero-order chi connectivity index (χ0) is 17.8. The molecule has 1 amide bonds. The summed E-state index contributed by atoms with van der Waals surface area (Å²) in [5.41, 5.74) is 3.43. The predicted molar refractivity (Wildman–Crippen MR) is 97.1 cm³/mol. The van der Waals surface area contributed by atoms with E-state index in [2.05, 4.69) is 15.6 Å². The molecular weight excluding hydrogens is 318 g/mol. The van der Waals surface area contributed by atoms with Gasteiger partial charge in [-0.15, -0.1) is 0 Å². The second kappa shape index (κ2) is 7.00. The minimum atomic E-state index is -0.929. The highest BCUT2D eigenvalue weighted by Crippen LogP contribution is 2.27. The number of anilines is 3. The van der Waals surface area contributed by atoms with Crippen LogP contribution >= 0.6 is 0 Å². The van der Waals surface area contributed by atoms with Crippen molar-refractivity contribution >= 4 is 39.8 Å². The number of nitrogens with one attached hydrogen (secondary N) is 2. The number of benzene rings is 2. The van der Waals surface area contributed by atoms with Crippen LogP contribution in [0, 0.1) is 0 Å². The lowest BCUT2D eigenvalue weighted by molar-refractivity contribution is -0.136. The first-order valence-electron chi connectivity index (χ1n) is 7.76. The van der Waals surface area contributed by atoms with Crippen molar-refractivity contribution in [2.24, 2.45) is 0 Å². The number of hydrogen-bond donors (Lipinski definition) is 3. The Bertz CT molecular complexity index is 954. The van der Waals surface area contributed by atoms with Gasteiger partial charge < -0.3 is 15.7 Å². The molecule has 2 aromatic carbocycles. The molecule has 3 N–H and O–H groups in total. The highest BCUT2D eigenvalue weighted by molar-refractivity contribution is 5.94. The number of rotatable bonds is 5. The number of carboxylic acids is 1. The standard InChI is InChI=1S/C19H17N3O3/c1-12(23)20-13-5-4-6-14(9-13)21-18-10-15(11-19(24)25)22-17-8-3-2-7-16(17)18/h2-10H,11H2,1H3,(H,20,23)(H,21,22)(H,24,25). The molecule has 0 saturated heterocycles. The third-order valence-corrected chi connectivity index (χ3v) is 3.56. The van der Waals surface area contributed by atoms with Gasteiger partial charge in [0.25, 0.3) is 0 Å². The van der Waals surface area contributed by atoms with Gasteiger partial charge in [-0.05, 0) is 30.3 Å². The lowest BCUT2D eigenvalue weighted by atomic mass is 10.1. The fourth-order valence-corrected chi connectivity index (χ4v) is 2.61. The average molecular weight is 335 g/mol. The molecular formula is C19H17N3O3. The van der Waals surface area contributed by atoms with Crippen molar-refractivity contribution in [3.63, 3.8) is 0 Å². The Morgan fingerprint density at radius 1 is 1.04 bits per heavy atom. The average Bonchev–Trinajstić information content (AvgIpc) is 2.54. The van der Waals surface area contributed by atoms with Crippen molar-refractivity contribution in [1.82, 2.24) is 4.98 Å². The molecule has 0 saturated carbocycles. The topological polar surface area (TPSA) is 91.3 Å². The van der Waals surface area contributed by atoms with Gasteiger partial charge in [0, 0.05) is 29.4 Å². The van der Waals surface area contributed by atoms with Crippen LogP contribution in [0.5, 0.6) is 0 Å². The Balaban J connectivity index is 2.00. The second-order valence-corrected chi connectivity index (χ2v) is 5.64. The summed E-state index contributed by atoms with van der Waals surface area (Å²) in [7, 11) is 0. The van der Waals surface area contributed by atoms with Gasteiger partial charge in [0.05, 0.1) is 17.6 Å². The van der Waals surface area contributed by atoms with Crippen LogP contribution in [0.1, 0.15) is 12.6 Å². The van der Waals surface area contributed by atoms with Crippen LogP contribution < -0.4 is 10.6 Å². The Hall–Kier alpha value is -3.41. The van der Waals surface area contributed by atoms with Gasteiger partial charge in [-0.2, -0.15) is 0 Å². The summed E-state index contributed by atoms with van der Waals surface area (Å²) in [4.78, 5) is 26.6. The van der Waals surface area contributed by atoms with Crippen LogP contribution in [0.4, 0.5) is 17.1 Å². The number of para-hydroxylation sites is 1. The molecule has 0 atom stereocenters. The van der Waals surface area contributed by atoms with Crippen LogP contribution in [0.15, 0.2) is 54.6 Å². The van der Waals surface area contributed by atoms with Crippen LogP contribution in [0.25, 0.3) is 10.9 Å². The molecule has 6 heteroatoms. The Labute approximate surface area is 144 Å². The van der Waals surface area contributed by atoms with Gasteiger partial charge in [0.1, 0.15) is 0 Å². The van der Waals surface area contributed by atoms with Gasteiger partial charge >= 0.3 is 5.97 Å². The van der Waals surface area contributed by atoms with Crippen LogP contribution in [0.3, 0.4) is 0 Å². The van der Waals surface area contributed by atoms with Crippen LogP contribution in [-0.2, 0) is 16.0 Å². The molecule has 126 valence electrons. The number of aromatic nitrogens is 1. The van der Waals surface area contributed by atoms with E-state index in [9.17, 15) is 9.59 Å². The fraction of sp³-hybridized carbons (Fsp3) is 0.105. The van der Waals surface area contributed by atoms with Gasteiger partial charge in [0.2, 0.25) is 5.91 Å². The molecule has 0 fully saturated rings. The minimum absolute atomic E-state index is 0.143. The first kappa shape index (κ1) is 16.4. The van der Waals surface area contributed by atoms with Gasteiger partial charge in [0.15, 0.2) is 0 Å². The molecule has 0 unspecified atom stereocenters. The van der Waals surface area contributed by atoms with Gasteiger partial charge in [-0.25, -0.2) is 0 Å². The molecule has 6 nitrogen and oxygen atoms in total. The summed E-state index contributed by atoms with van der Waals surface area (Å²) in [6.07, 6.45) is -0.147. The van der Waals surface area contributed by atoms with E-state index < -0.39 is 5.97 Å². The van der Waals surface area contributed by atoms with E-state index in [1.165, 1.54) is 6.92 Å². The molecule has 0 aliphatic carbocycles. The smallest absolute Gasteiger partial charge is 0.309 e. The van der Waals surface area contributed by atoms with Crippen molar-refractivity contribution < 1.29 is 14.7 Å². The summed E-state index contributed by atoms with van der Waals surface area (Å²) >= 11 is 0. The molecule has 3 rings (SSSR count). The SMILES string of the molecule is CC(=O)Nc1cccc(Nc2cc(CC(=O)O)nc3ccccc23)c1. The number of carbonyl (C=O) groups is 2. The number of carbonyl (C=O) groups excluding carboxylic acids is 1. The van der Waals surface area contributed by atoms with Crippen molar-refractivity contribution in [3.8, 4) is 0 Å². The molecule has 0 aliphatic rings. The molecule has 3 aromatic rings. The maximum atomic E-state index is 11.2. The van der Waals surface area contributed by atoms with Crippen molar-refractivity contribution in [2.75, 3.05) is 10.6 Å². The number of fused-ring (bicyclic) bond motifs is 1. The number of amides is 1. The number of carboxylic acid groups (broad SMARTS) is 1. The molecule has 0 spiro atoms. The van der Waals surface area contributed by atoms with E-state index in [4.69, 9.17) is 5.11 Å². The van der Waals surface area contributed by atoms with Gasteiger partial charge in [-0.1, -0.05) is 24.3 Å². The summed E-state index contributed by atoms with van der Waals surface area (Å²) in [5, 5.41) is 16.0. The number of hydrogen-bond acceptors (Lipinski definition) is 4. The van der Waals surface area contributed by atoms with Gasteiger partial charge in [-0.3, -0.25) is 14.6 Å². The monoisotopic (exact) mass is 335 g/mol. The molecule has 0 radical (unpaired) electrons. The normalized spacial score (nSPS) is 10.4. The fourth-order valence-electron chi connectivity index (χ4n) is 2.61. The van der Waals surface area contributed by atoms with E-state index in [0.29, 0.717) is 11.4 Å². The molecule has 1 heterocycles. The summed E-state index contributed by atoms with van der Waals surface area (Å²) < 4.78 is 0. The van der Waals surface area contributed by atoms with Crippen LogP contribution in [-0.4, -0.2) is 22.0 Å². The predicted octanol–water partition coefficient (Wildman–Crippen LogP) is 3.56. The van der Waals surface area contributed by atoms with Crippen molar-refractivity contribution in [2.45, 2.75) is 13.3 Å². The first-order valence-corrected chi connectivity index (χ1v) is 7.76. The number of pyridine rings is 1. The van der Waals surface area contributed by atoms with E-state index >= 15 is 0 Å². The summed E-state index contributed by atoms with van der Waals surface area (Å²) in [5.74, 6) is -1.07. The van der Waals surface area contributed by atoms with E-state index in [1.54, 1.807) is 12.1 Å². The van der Waals surface area contributed by atoms with E-state index in [-0.39, 0.29) is 12.3 Å². The number of nitrogens with zero attached hydrogens (tertiary/aromatic N) is 1. The Morgan fingerprint density at radius 2 is 1.80 bits per heavy atom. The maximum absolute atomic E-state index is 11.2. The zero-order valence-electron chi connectivity index (χ0n) is 13.6. The Morgan fingerprint density at radius 3 is 2.56 bits per heavy atom. The zero-order valence-corrected chi connectivity index (χ0v) is 13.6. The molecule has 1 aromatic heterocycles. The van der Waals surface area contributed by atoms with E-state index in [0.717, 1.165) is 22.3 Å². The lowest BCUT2D eigenvalue weighted by Crippen LogP contribution is -2.06. The molecule has 25 heavy (non-hydrogen) atoms. The highest BCUT2D eigenvalue weighted by atomic mass is 16.4. The first-order chi connectivity index (χ1) is 12.0. The van der Waals surface area contributed by atoms with E-state index in [1.807, 2.05) is 42.5 Å². The van der Waals surface area contributed by atoms with Crippen LogP contribution in [0.2, 0.25) is 0 Å². The quantitative estimate of drug-likeness (QED) is 0.663. The molecule has 0 aliphatic heterocycles. The molecule has 0 bridgehead atoms. The minimum Gasteiger partial charge on any atom is -0.481 e. The highest BCUT2D eigenvalue weighted by Gasteiger charge is 2.09. The third kappa shape index (κ3) is 4.11. The van der Waals surface area contributed by atoms with Crippen molar-refractivity contribution in [3.05, 3.63) is 60.3 Å².